The lowest BCUT2D eigenvalue weighted by atomic mass is 9.78. The summed E-state index contributed by atoms with van der Waals surface area (Å²) in [4.78, 5) is 24.9. The van der Waals surface area contributed by atoms with Crippen LogP contribution in [0, 0.1) is 13.8 Å². The SMILES string of the molecule is CCOC(=O)C1=C(C)NC2=C(C(=O)OC2)C1c1cccc(C)c1C. The highest BCUT2D eigenvalue weighted by atomic mass is 16.5. The summed E-state index contributed by atoms with van der Waals surface area (Å²) in [7, 11) is 0. The second-order valence-electron chi connectivity index (χ2n) is 6.07. The van der Waals surface area contributed by atoms with Gasteiger partial charge >= 0.3 is 11.9 Å². The maximum absolute atomic E-state index is 12.6. The minimum atomic E-state index is -0.463. The predicted octanol–water partition coefficient (Wildman–Crippen LogP) is 2.64. The number of hydrogen-bond acceptors (Lipinski definition) is 5. The summed E-state index contributed by atoms with van der Waals surface area (Å²) in [5, 5.41) is 3.14. The number of allylic oxidation sites excluding steroid dienone is 1. The molecule has 2 heterocycles. The van der Waals surface area contributed by atoms with E-state index in [1.807, 2.05) is 39.0 Å². The molecule has 3 rings (SSSR count). The number of carbonyl (C=O) groups excluding carboxylic acids is 2. The molecule has 126 valence electrons. The van der Waals surface area contributed by atoms with E-state index < -0.39 is 11.9 Å². The zero-order valence-electron chi connectivity index (χ0n) is 14.4. The van der Waals surface area contributed by atoms with Crippen LogP contribution in [-0.4, -0.2) is 25.2 Å². The molecule has 1 unspecified atom stereocenters. The zero-order valence-corrected chi connectivity index (χ0v) is 14.4. The van der Waals surface area contributed by atoms with Gasteiger partial charge in [0.2, 0.25) is 0 Å². The molecule has 1 N–H and O–H groups in total. The molecule has 0 amide bonds. The van der Waals surface area contributed by atoms with Crippen LogP contribution in [0.15, 0.2) is 40.7 Å². The van der Waals surface area contributed by atoms with Gasteiger partial charge in [0.1, 0.15) is 6.61 Å². The number of benzene rings is 1. The maximum Gasteiger partial charge on any atom is 0.337 e. The normalized spacial score (nSPS) is 19.8. The number of aryl methyl sites for hydroxylation is 1. The maximum atomic E-state index is 12.6. The second kappa shape index (κ2) is 6.15. The van der Waals surface area contributed by atoms with Crippen molar-refractivity contribution in [1.82, 2.24) is 5.32 Å². The molecule has 1 aromatic rings. The molecule has 5 nitrogen and oxygen atoms in total. The van der Waals surface area contributed by atoms with Crippen LogP contribution in [-0.2, 0) is 19.1 Å². The lowest BCUT2D eigenvalue weighted by Crippen LogP contribution is -2.30. The first-order valence-corrected chi connectivity index (χ1v) is 8.06. The van der Waals surface area contributed by atoms with Crippen LogP contribution in [0.2, 0.25) is 0 Å². The zero-order chi connectivity index (χ0) is 17.4. The van der Waals surface area contributed by atoms with Gasteiger partial charge < -0.3 is 14.8 Å². The van der Waals surface area contributed by atoms with Crippen molar-refractivity contribution in [2.24, 2.45) is 0 Å². The molecule has 0 saturated heterocycles. The van der Waals surface area contributed by atoms with Crippen LogP contribution in [0.4, 0.5) is 0 Å². The molecule has 5 heteroatoms. The molecule has 1 atom stereocenters. The highest BCUT2D eigenvalue weighted by molar-refractivity contribution is 6.01. The largest absolute Gasteiger partial charge is 0.463 e. The van der Waals surface area contributed by atoms with Crippen LogP contribution in [0.3, 0.4) is 0 Å². The van der Waals surface area contributed by atoms with E-state index in [9.17, 15) is 9.59 Å². The molecule has 24 heavy (non-hydrogen) atoms. The number of nitrogens with one attached hydrogen (secondary N) is 1. The van der Waals surface area contributed by atoms with Gasteiger partial charge in [0.15, 0.2) is 0 Å². The molecule has 1 aromatic carbocycles. The van der Waals surface area contributed by atoms with E-state index in [4.69, 9.17) is 9.47 Å². The topological polar surface area (TPSA) is 64.6 Å². The van der Waals surface area contributed by atoms with Crippen molar-refractivity contribution >= 4 is 11.9 Å². The van der Waals surface area contributed by atoms with Gasteiger partial charge in [0.05, 0.1) is 29.4 Å². The third kappa shape index (κ3) is 2.50. The summed E-state index contributed by atoms with van der Waals surface area (Å²) in [6.45, 7) is 8.12. The molecule has 0 aromatic heterocycles. The van der Waals surface area contributed by atoms with E-state index in [0.29, 0.717) is 16.8 Å². The number of dihydropyridines is 1. The monoisotopic (exact) mass is 327 g/mol. The summed E-state index contributed by atoms with van der Waals surface area (Å²) in [5.74, 6) is -1.24. The standard InChI is InChI=1S/C19H21NO4/c1-5-23-18(21)15-12(4)20-14-9-24-19(22)17(14)16(15)13-8-6-7-10(2)11(13)3/h6-8,16,20H,5,9H2,1-4H3. The lowest BCUT2D eigenvalue weighted by molar-refractivity contribution is -0.138. The molecular formula is C19H21NO4. The molecule has 0 saturated carbocycles. The Labute approximate surface area is 141 Å². The molecule has 2 aliphatic heterocycles. The van der Waals surface area contributed by atoms with Gasteiger partial charge in [0.25, 0.3) is 0 Å². The average Bonchev–Trinajstić information content (AvgIpc) is 2.90. The van der Waals surface area contributed by atoms with Crippen LogP contribution >= 0.6 is 0 Å². The molecule has 2 aliphatic rings. The van der Waals surface area contributed by atoms with E-state index in [2.05, 4.69) is 5.32 Å². The summed E-state index contributed by atoms with van der Waals surface area (Å²) < 4.78 is 10.4. The lowest BCUT2D eigenvalue weighted by Gasteiger charge is -2.29. The fourth-order valence-corrected chi connectivity index (χ4v) is 3.34. The van der Waals surface area contributed by atoms with Crippen molar-refractivity contribution in [3.8, 4) is 0 Å². The van der Waals surface area contributed by atoms with Crippen molar-refractivity contribution < 1.29 is 19.1 Å². The minimum absolute atomic E-state index is 0.211. The van der Waals surface area contributed by atoms with Crippen molar-refractivity contribution in [3.05, 3.63) is 57.4 Å². The van der Waals surface area contributed by atoms with Gasteiger partial charge in [-0.15, -0.1) is 0 Å². The van der Waals surface area contributed by atoms with Crippen molar-refractivity contribution in [2.75, 3.05) is 13.2 Å². The fourth-order valence-electron chi connectivity index (χ4n) is 3.34. The van der Waals surface area contributed by atoms with Crippen LogP contribution in [0.1, 0.15) is 36.5 Å². The minimum Gasteiger partial charge on any atom is -0.463 e. The Balaban J connectivity index is 2.21. The Morgan fingerprint density at radius 2 is 2.08 bits per heavy atom. The van der Waals surface area contributed by atoms with E-state index in [1.54, 1.807) is 6.92 Å². The van der Waals surface area contributed by atoms with Gasteiger partial charge in [-0.3, -0.25) is 0 Å². The highest BCUT2D eigenvalue weighted by Crippen LogP contribution is 2.42. The third-order valence-corrected chi connectivity index (χ3v) is 4.67. The first kappa shape index (κ1) is 16.3. The van der Waals surface area contributed by atoms with Crippen LogP contribution < -0.4 is 5.32 Å². The average molecular weight is 327 g/mol. The highest BCUT2D eigenvalue weighted by Gasteiger charge is 2.42. The second-order valence-corrected chi connectivity index (χ2v) is 6.07. The van der Waals surface area contributed by atoms with E-state index in [1.165, 1.54) is 0 Å². The van der Waals surface area contributed by atoms with Crippen LogP contribution in [0.25, 0.3) is 0 Å². The first-order chi connectivity index (χ1) is 11.5. The van der Waals surface area contributed by atoms with Gasteiger partial charge in [-0.1, -0.05) is 18.2 Å². The summed E-state index contributed by atoms with van der Waals surface area (Å²) in [5.41, 5.74) is 5.53. The number of esters is 2. The number of cyclic esters (lactones) is 1. The van der Waals surface area contributed by atoms with E-state index in [-0.39, 0.29) is 19.2 Å². The van der Waals surface area contributed by atoms with Gasteiger partial charge in [-0.25, -0.2) is 9.59 Å². The Bertz CT molecular complexity index is 789. The summed E-state index contributed by atoms with van der Waals surface area (Å²) in [6, 6.07) is 5.92. The first-order valence-electron chi connectivity index (χ1n) is 8.06. The van der Waals surface area contributed by atoms with Gasteiger partial charge in [0, 0.05) is 5.70 Å². The Hall–Kier alpha value is -2.56. The Morgan fingerprint density at radius 3 is 2.79 bits per heavy atom. The number of carbonyl (C=O) groups is 2. The third-order valence-electron chi connectivity index (χ3n) is 4.67. The van der Waals surface area contributed by atoms with Crippen LogP contribution in [0.5, 0.6) is 0 Å². The summed E-state index contributed by atoms with van der Waals surface area (Å²) in [6.07, 6.45) is 0. The fraction of sp³-hybridized carbons (Fsp3) is 0.368. The van der Waals surface area contributed by atoms with Gasteiger partial charge in [-0.2, -0.15) is 0 Å². The van der Waals surface area contributed by atoms with Gasteiger partial charge in [-0.05, 0) is 44.4 Å². The van der Waals surface area contributed by atoms with Crippen molar-refractivity contribution in [1.29, 1.82) is 0 Å². The molecule has 0 radical (unpaired) electrons. The van der Waals surface area contributed by atoms with E-state index in [0.717, 1.165) is 22.4 Å². The Kier molecular flexibility index (Phi) is 4.18. The van der Waals surface area contributed by atoms with Crippen molar-refractivity contribution in [2.45, 2.75) is 33.6 Å². The molecule has 0 aliphatic carbocycles. The molecular weight excluding hydrogens is 306 g/mol. The number of ether oxygens (including phenoxy) is 2. The van der Waals surface area contributed by atoms with Crippen molar-refractivity contribution in [3.63, 3.8) is 0 Å². The summed E-state index contributed by atoms with van der Waals surface area (Å²) >= 11 is 0. The Morgan fingerprint density at radius 1 is 1.33 bits per heavy atom. The number of hydrogen-bond donors (Lipinski definition) is 1. The smallest absolute Gasteiger partial charge is 0.337 e. The number of rotatable bonds is 3. The molecule has 0 bridgehead atoms. The molecule has 0 fully saturated rings. The van der Waals surface area contributed by atoms with E-state index >= 15 is 0 Å². The quantitative estimate of drug-likeness (QED) is 0.865. The molecule has 0 spiro atoms. The predicted molar refractivity (Wildman–Crippen MR) is 89.1 cm³/mol.